The first-order chi connectivity index (χ1) is 4.64. The van der Waals surface area contributed by atoms with Crippen LogP contribution in [0.2, 0.25) is 0 Å². The SMILES string of the molecule is CC.CC.CC(C)C(C)N. The number of hydrogen-bond acceptors (Lipinski definition) is 1. The molecule has 66 valence electrons. The fraction of sp³-hybridized carbons (Fsp3) is 1.00. The number of rotatable bonds is 1. The van der Waals surface area contributed by atoms with Gasteiger partial charge in [-0.15, -0.1) is 0 Å². The molecule has 1 atom stereocenters. The van der Waals surface area contributed by atoms with E-state index in [2.05, 4.69) is 13.8 Å². The highest BCUT2D eigenvalue weighted by Crippen LogP contribution is 1.93. The smallest absolute Gasteiger partial charge is 0.00334 e. The van der Waals surface area contributed by atoms with Crippen molar-refractivity contribution in [3.05, 3.63) is 0 Å². The Morgan fingerprint density at radius 1 is 0.800 bits per heavy atom. The molecule has 1 nitrogen and oxygen atoms in total. The normalized spacial score (nSPS) is 10.5. The van der Waals surface area contributed by atoms with Crippen molar-refractivity contribution < 1.29 is 0 Å². The van der Waals surface area contributed by atoms with Crippen LogP contribution in [0.4, 0.5) is 0 Å². The Morgan fingerprint density at radius 2 is 0.900 bits per heavy atom. The Hall–Kier alpha value is -0.0400. The van der Waals surface area contributed by atoms with E-state index < -0.39 is 0 Å². The molecule has 10 heavy (non-hydrogen) atoms. The lowest BCUT2D eigenvalue weighted by atomic mass is 10.1. The zero-order valence-corrected chi connectivity index (χ0v) is 8.73. The van der Waals surface area contributed by atoms with E-state index in [1.807, 2.05) is 34.6 Å². The lowest BCUT2D eigenvalue weighted by molar-refractivity contribution is 0.529. The van der Waals surface area contributed by atoms with E-state index in [4.69, 9.17) is 5.73 Å². The molecule has 0 saturated heterocycles. The standard InChI is InChI=1S/C5H13N.2C2H6/c1-4(2)5(3)6;2*1-2/h4-5H,6H2,1-3H3;2*1-2H3. The van der Waals surface area contributed by atoms with E-state index >= 15 is 0 Å². The molecule has 0 amide bonds. The summed E-state index contributed by atoms with van der Waals surface area (Å²) in [6.45, 7) is 14.2. The highest BCUT2D eigenvalue weighted by molar-refractivity contribution is 4.55. The Balaban J connectivity index is -0.000000105. The molecule has 2 N–H and O–H groups in total. The zero-order chi connectivity index (χ0) is 9.15. The molecular formula is C9H25N. The lowest BCUT2D eigenvalue weighted by Gasteiger charge is -2.05. The molecule has 0 spiro atoms. The molecule has 0 aliphatic heterocycles. The Bertz CT molecular complexity index is 25.7. The van der Waals surface area contributed by atoms with Crippen molar-refractivity contribution in [2.75, 3.05) is 0 Å². The van der Waals surface area contributed by atoms with Crippen LogP contribution in [0.3, 0.4) is 0 Å². The molecule has 0 aliphatic carbocycles. The molecule has 0 bridgehead atoms. The monoisotopic (exact) mass is 147 g/mol. The van der Waals surface area contributed by atoms with Gasteiger partial charge in [-0.25, -0.2) is 0 Å². The summed E-state index contributed by atoms with van der Waals surface area (Å²) in [7, 11) is 0. The van der Waals surface area contributed by atoms with Gasteiger partial charge in [0.1, 0.15) is 0 Å². The lowest BCUT2D eigenvalue weighted by Crippen LogP contribution is -2.21. The Kier molecular flexibility index (Phi) is 26.4. The number of hydrogen-bond donors (Lipinski definition) is 1. The summed E-state index contributed by atoms with van der Waals surface area (Å²) in [5.41, 5.74) is 5.44. The second kappa shape index (κ2) is 16.0. The summed E-state index contributed by atoms with van der Waals surface area (Å²) in [4.78, 5) is 0. The Labute approximate surface area is 67.0 Å². The van der Waals surface area contributed by atoms with Crippen LogP contribution in [0.1, 0.15) is 48.5 Å². The third-order valence-corrected chi connectivity index (χ3v) is 1.05. The molecule has 0 aromatic rings. The third kappa shape index (κ3) is 24.6. The van der Waals surface area contributed by atoms with E-state index in [0.29, 0.717) is 12.0 Å². The van der Waals surface area contributed by atoms with Crippen molar-refractivity contribution in [1.82, 2.24) is 0 Å². The van der Waals surface area contributed by atoms with Gasteiger partial charge < -0.3 is 5.73 Å². The first kappa shape index (κ1) is 16.5. The molecule has 0 aliphatic rings. The van der Waals surface area contributed by atoms with Gasteiger partial charge >= 0.3 is 0 Å². The van der Waals surface area contributed by atoms with Crippen molar-refractivity contribution in [3.63, 3.8) is 0 Å². The van der Waals surface area contributed by atoms with Gasteiger partial charge in [-0.3, -0.25) is 0 Å². The topological polar surface area (TPSA) is 26.0 Å². The molecule has 0 aromatic carbocycles. The fourth-order valence-electron chi connectivity index (χ4n) is 0. The zero-order valence-electron chi connectivity index (χ0n) is 8.73. The minimum absolute atomic E-state index is 0.352. The molecule has 0 aromatic heterocycles. The van der Waals surface area contributed by atoms with Gasteiger partial charge in [0.2, 0.25) is 0 Å². The summed E-state index contributed by atoms with van der Waals surface area (Å²) in [5, 5.41) is 0. The summed E-state index contributed by atoms with van der Waals surface area (Å²) < 4.78 is 0. The van der Waals surface area contributed by atoms with Gasteiger partial charge in [-0.1, -0.05) is 41.5 Å². The van der Waals surface area contributed by atoms with Crippen LogP contribution in [0.15, 0.2) is 0 Å². The molecule has 1 heteroatoms. The van der Waals surface area contributed by atoms with Gasteiger partial charge in [0.25, 0.3) is 0 Å². The molecule has 0 fully saturated rings. The first-order valence-corrected chi connectivity index (χ1v) is 4.40. The van der Waals surface area contributed by atoms with Crippen LogP contribution >= 0.6 is 0 Å². The summed E-state index contributed by atoms with van der Waals surface area (Å²) in [6, 6.07) is 0.352. The van der Waals surface area contributed by atoms with E-state index in [-0.39, 0.29) is 0 Å². The maximum absolute atomic E-state index is 5.44. The van der Waals surface area contributed by atoms with E-state index in [9.17, 15) is 0 Å². The third-order valence-electron chi connectivity index (χ3n) is 1.05. The predicted molar refractivity (Wildman–Crippen MR) is 51.2 cm³/mol. The van der Waals surface area contributed by atoms with Crippen molar-refractivity contribution >= 4 is 0 Å². The van der Waals surface area contributed by atoms with Gasteiger partial charge in [-0.05, 0) is 12.8 Å². The Morgan fingerprint density at radius 3 is 0.900 bits per heavy atom. The predicted octanol–water partition coefficient (Wildman–Crippen LogP) is 3.04. The summed E-state index contributed by atoms with van der Waals surface area (Å²) in [5.74, 6) is 0.630. The maximum atomic E-state index is 5.44. The molecular weight excluding hydrogens is 122 g/mol. The summed E-state index contributed by atoms with van der Waals surface area (Å²) in [6.07, 6.45) is 0. The van der Waals surface area contributed by atoms with E-state index in [1.54, 1.807) is 0 Å². The largest absolute Gasteiger partial charge is 0.328 e. The highest BCUT2D eigenvalue weighted by atomic mass is 14.6. The first-order valence-electron chi connectivity index (χ1n) is 4.40. The van der Waals surface area contributed by atoms with Crippen molar-refractivity contribution in [2.24, 2.45) is 11.7 Å². The van der Waals surface area contributed by atoms with Gasteiger partial charge in [0.05, 0.1) is 0 Å². The molecule has 0 rings (SSSR count). The maximum Gasteiger partial charge on any atom is 0.00334 e. The second-order valence-electron chi connectivity index (χ2n) is 2.10. The average Bonchev–Trinajstić information content (AvgIpc) is 1.96. The molecule has 1 unspecified atom stereocenters. The van der Waals surface area contributed by atoms with Gasteiger partial charge in [0.15, 0.2) is 0 Å². The summed E-state index contributed by atoms with van der Waals surface area (Å²) >= 11 is 0. The molecule has 0 saturated carbocycles. The second-order valence-corrected chi connectivity index (χ2v) is 2.10. The quantitative estimate of drug-likeness (QED) is 0.606. The highest BCUT2D eigenvalue weighted by Gasteiger charge is 1.95. The fourth-order valence-corrected chi connectivity index (χ4v) is 0. The minimum Gasteiger partial charge on any atom is -0.328 e. The van der Waals surface area contributed by atoms with Crippen LogP contribution in [-0.4, -0.2) is 6.04 Å². The van der Waals surface area contributed by atoms with Crippen molar-refractivity contribution in [2.45, 2.75) is 54.5 Å². The molecule has 0 heterocycles. The molecule has 0 radical (unpaired) electrons. The van der Waals surface area contributed by atoms with Crippen LogP contribution < -0.4 is 5.73 Å². The van der Waals surface area contributed by atoms with Gasteiger partial charge in [0, 0.05) is 6.04 Å². The van der Waals surface area contributed by atoms with E-state index in [0.717, 1.165) is 0 Å². The van der Waals surface area contributed by atoms with Crippen LogP contribution in [-0.2, 0) is 0 Å². The number of nitrogens with two attached hydrogens (primary N) is 1. The van der Waals surface area contributed by atoms with Crippen molar-refractivity contribution in [1.29, 1.82) is 0 Å². The van der Waals surface area contributed by atoms with Crippen molar-refractivity contribution in [3.8, 4) is 0 Å². The average molecular weight is 147 g/mol. The van der Waals surface area contributed by atoms with Gasteiger partial charge in [-0.2, -0.15) is 0 Å². The van der Waals surface area contributed by atoms with Crippen LogP contribution in [0.25, 0.3) is 0 Å². The van der Waals surface area contributed by atoms with E-state index in [1.165, 1.54) is 0 Å². The van der Waals surface area contributed by atoms with Crippen LogP contribution in [0.5, 0.6) is 0 Å². The van der Waals surface area contributed by atoms with Crippen LogP contribution in [0, 0.1) is 5.92 Å². The minimum atomic E-state index is 0.352.